The standard InChI is InChI=1S/C9H9FN2/c10-9-5-7(3-4-11)1-2-8(9)6-12/h1-2,5H,3,6,12H2. The number of halogens is 1. The summed E-state index contributed by atoms with van der Waals surface area (Å²) in [7, 11) is 0. The zero-order chi connectivity index (χ0) is 8.97. The number of nitrogens with two attached hydrogens (primary N) is 1. The van der Waals surface area contributed by atoms with Gasteiger partial charge in [0.15, 0.2) is 0 Å². The van der Waals surface area contributed by atoms with Gasteiger partial charge in [-0.25, -0.2) is 4.39 Å². The lowest BCUT2D eigenvalue weighted by Crippen LogP contribution is -2.00. The van der Waals surface area contributed by atoms with Crippen LogP contribution in [0.15, 0.2) is 18.2 Å². The van der Waals surface area contributed by atoms with Crippen LogP contribution >= 0.6 is 0 Å². The van der Waals surface area contributed by atoms with E-state index in [1.54, 1.807) is 12.1 Å². The molecule has 0 radical (unpaired) electrons. The van der Waals surface area contributed by atoms with E-state index in [4.69, 9.17) is 11.0 Å². The van der Waals surface area contributed by atoms with Gasteiger partial charge in [0.05, 0.1) is 12.5 Å². The van der Waals surface area contributed by atoms with Gasteiger partial charge in [0.2, 0.25) is 0 Å². The zero-order valence-electron chi connectivity index (χ0n) is 6.55. The fraction of sp³-hybridized carbons (Fsp3) is 0.222. The molecule has 0 unspecified atom stereocenters. The quantitative estimate of drug-likeness (QED) is 0.717. The summed E-state index contributed by atoms with van der Waals surface area (Å²) in [6.07, 6.45) is 0.238. The summed E-state index contributed by atoms with van der Waals surface area (Å²) >= 11 is 0. The van der Waals surface area contributed by atoms with Crippen molar-refractivity contribution in [2.75, 3.05) is 0 Å². The lowest BCUT2D eigenvalue weighted by atomic mass is 10.1. The molecule has 0 amide bonds. The largest absolute Gasteiger partial charge is 0.326 e. The van der Waals surface area contributed by atoms with Crippen LogP contribution in [-0.4, -0.2) is 0 Å². The fourth-order valence-electron chi connectivity index (χ4n) is 0.958. The van der Waals surface area contributed by atoms with E-state index in [0.717, 1.165) is 0 Å². The molecule has 2 N–H and O–H groups in total. The third-order valence-corrected chi connectivity index (χ3v) is 1.62. The monoisotopic (exact) mass is 164 g/mol. The van der Waals surface area contributed by atoms with E-state index in [2.05, 4.69) is 0 Å². The van der Waals surface area contributed by atoms with Gasteiger partial charge in [0, 0.05) is 12.1 Å². The van der Waals surface area contributed by atoms with Crippen LogP contribution in [0.5, 0.6) is 0 Å². The van der Waals surface area contributed by atoms with Crippen molar-refractivity contribution in [3.63, 3.8) is 0 Å². The second-order valence-corrected chi connectivity index (χ2v) is 2.46. The summed E-state index contributed by atoms with van der Waals surface area (Å²) in [5.74, 6) is -0.328. The van der Waals surface area contributed by atoms with Crippen LogP contribution in [0, 0.1) is 17.1 Å². The summed E-state index contributed by atoms with van der Waals surface area (Å²) in [6.45, 7) is 0.193. The van der Waals surface area contributed by atoms with Gasteiger partial charge in [-0.3, -0.25) is 0 Å². The van der Waals surface area contributed by atoms with Gasteiger partial charge in [-0.15, -0.1) is 0 Å². The Morgan fingerprint density at radius 1 is 1.50 bits per heavy atom. The van der Waals surface area contributed by atoms with E-state index in [9.17, 15) is 4.39 Å². The van der Waals surface area contributed by atoms with Gasteiger partial charge >= 0.3 is 0 Å². The molecule has 0 spiro atoms. The van der Waals surface area contributed by atoms with Crippen LogP contribution in [0.1, 0.15) is 11.1 Å². The van der Waals surface area contributed by atoms with E-state index in [0.29, 0.717) is 11.1 Å². The molecule has 0 aliphatic carbocycles. The molecule has 0 aromatic heterocycles. The highest BCUT2D eigenvalue weighted by atomic mass is 19.1. The molecule has 3 heteroatoms. The lowest BCUT2D eigenvalue weighted by molar-refractivity contribution is 0.609. The topological polar surface area (TPSA) is 49.8 Å². The first kappa shape index (κ1) is 8.69. The van der Waals surface area contributed by atoms with E-state index >= 15 is 0 Å². The minimum atomic E-state index is -0.328. The first-order chi connectivity index (χ1) is 5.77. The number of nitrogens with zero attached hydrogens (tertiary/aromatic N) is 1. The van der Waals surface area contributed by atoms with Crippen LogP contribution in [0.2, 0.25) is 0 Å². The molecule has 0 bridgehead atoms. The normalized spacial score (nSPS) is 9.42. The molecule has 2 nitrogen and oxygen atoms in total. The van der Waals surface area contributed by atoms with Gasteiger partial charge in [-0.1, -0.05) is 12.1 Å². The van der Waals surface area contributed by atoms with Crippen molar-refractivity contribution in [2.24, 2.45) is 5.73 Å². The van der Waals surface area contributed by atoms with Crippen molar-refractivity contribution in [3.8, 4) is 6.07 Å². The molecule has 0 saturated heterocycles. The second kappa shape index (κ2) is 3.84. The molecule has 0 aliphatic heterocycles. The van der Waals surface area contributed by atoms with Crippen LogP contribution in [0.3, 0.4) is 0 Å². The van der Waals surface area contributed by atoms with E-state index in [1.807, 2.05) is 6.07 Å². The molecule has 0 atom stereocenters. The van der Waals surface area contributed by atoms with Crippen molar-refractivity contribution in [1.29, 1.82) is 5.26 Å². The molecule has 0 fully saturated rings. The molecule has 1 aromatic rings. The van der Waals surface area contributed by atoms with Crippen LogP contribution in [0.4, 0.5) is 4.39 Å². The second-order valence-electron chi connectivity index (χ2n) is 2.46. The van der Waals surface area contributed by atoms with Crippen molar-refractivity contribution in [3.05, 3.63) is 35.1 Å². The Morgan fingerprint density at radius 3 is 2.75 bits per heavy atom. The predicted molar refractivity (Wildman–Crippen MR) is 43.6 cm³/mol. The Balaban J connectivity index is 2.95. The van der Waals surface area contributed by atoms with Crippen LogP contribution in [0.25, 0.3) is 0 Å². The Labute approximate surface area is 70.4 Å². The van der Waals surface area contributed by atoms with E-state index in [1.165, 1.54) is 6.07 Å². The van der Waals surface area contributed by atoms with Gasteiger partial charge < -0.3 is 5.73 Å². The van der Waals surface area contributed by atoms with Crippen molar-refractivity contribution < 1.29 is 4.39 Å². The number of hydrogen-bond donors (Lipinski definition) is 1. The Hall–Kier alpha value is -1.40. The highest BCUT2D eigenvalue weighted by Gasteiger charge is 2.00. The SMILES string of the molecule is N#CCc1ccc(CN)c(F)c1. The summed E-state index contributed by atoms with van der Waals surface area (Å²) in [5, 5.41) is 8.34. The lowest BCUT2D eigenvalue weighted by Gasteiger charge is -2.00. The van der Waals surface area contributed by atoms with Gasteiger partial charge in [0.1, 0.15) is 5.82 Å². The maximum absolute atomic E-state index is 13.0. The molecule has 62 valence electrons. The Bertz CT molecular complexity index is 315. The molecular weight excluding hydrogens is 155 g/mol. The van der Waals surface area contributed by atoms with Crippen LogP contribution < -0.4 is 5.73 Å². The Kier molecular flexibility index (Phi) is 2.78. The summed E-state index contributed by atoms with van der Waals surface area (Å²) < 4.78 is 13.0. The molecule has 0 saturated carbocycles. The average Bonchev–Trinajstić information content (AvgIpc) is 2.05. The highest BCUT2D eigenvalue weighted by molar-refractivity contribution is 5.25. The third-order valence-electron chi connectivity index (χ3n) is 1.62. The summed E-state index contributed by atoms with van der Waals surface area (Å²) in [6, 6.07) is 6.63. The fourth-order valence-corrected chi connectivity index (χ4v) is 0.958. The Morgan fingerprint density at radius 2 is 2.25 bits per heavy atom. The molecule has 0 aliphatic rings. The average molecular weight is 164 g/mol. The number of hydrogen-bond acceptors (Lipinski definition) is 2. The van der Waals surface area contributed by atoms with E-state index in [-0.39, 0.29) is 18.8 Å². The zero-order valence-corrected chi connectivity index (χ0v) is 6.55. The maximum Gasteiger partial charge on any atom is 0.127 e. The first-order valence-electron chi connectivity index (χ1n) is 3.62. The number of rotatable bonds is 2. The first-order valence-corrected chi connectivity index (χ1v) is 3.62. The van der Waals surface area contributed by atoms with Crippen molar-refractivity contribution in [2.45, 2.75) is 13.0 Å². The van der Waals surface area contributed by atoms with Crippen molar-refractivity contribution >= 4 is 0 Å². The van der Waals surface area contributed by atoms with Crippen LogP contribution in [-0.2, 0) is 13.0 Å². The summed E-state index contributed by atoms with van der Waals surface area (Å²) in [5.41, 5.74) is 6.44. The molecule has 1 rings (SSSR count). The van der Waals surface area contributed by atoms with Gasteiger partial charge in [0.25, 0.3) is 0 Å². The third kappa shape index (κ3) is 1.80. The highest BCUT2D eigenvalue weighted by Crippen LogP contribution is 2.09. The maximum atomic E-state index is 13.0. The minimum Gasteiger partial charge on any atom is -0.326 e. The number of nitriles is 1. The number of benzene rings is 1. The van der Waals surface area contributed by atoms with Crippen molar-refractivity contribution in [1.82, 2.24) is 0 Å². The smallest absolute Gasteiger partial charge is 0.127 e. The van der Waals surface area contributed by atoms with Gasteiger partial charge in [-0.05, 0) is 11.6 Å². The molecule has 1 aromatic carbocycles. The predicted octanol–water partition coefficient (Wildman–Crippen LogP) is 1.35. The molecule has 12 heavy (non-hydrogen) atoms. The molecule has 0 heterocycles. The summed E-state index contributed by atoms with van der Waals surface area (Å²) in [4.78, 5) is 0. The van der Waals surface area contributed by atoms with Gasteiger partial charge in [-0.2, -0.15) is 5.26 Å². The molecular formula is C9H9FN2. The van der Waals surface area contributed by atoms with E-state index < -0.39 is 0 Å². The minimum absolute atomic E-state index is 0.193.